The van der Waals surface area contributed by atoms with Crippen LogP contribution in [0.25, 0.3) is 0 Å². The van der Waals surface area contributed by atoms with Gasteiger partial charge in [-0.3, -0.25) is 10.2 Å². The van der Waals surface area contributed by atoms with Crippen LogP contribution in [0, 0.1) is 6.92 Å². The Kier molecular flexibility index (Phi) is 11.6. The van der Waals surface area contributed by atoms with Gasteiger partial charge < -0.3 is 5.11 Å². The SMILES string of the molecule is CC.Cc1ccc(S(=O)(=O)NNC(=O)c2sccc2Br)cc1.O=C(O)c1sccc1Br. The van der Waals surface area contributed by atoms with Crippen LogP contribution in [0.4, 0.5) is 0 Å². The van der Waals surface area contributed by atoms with Crippen molar-refractivity contribution in [1.82, 2.24) is 10.3 Å². The van der Waals surface area contributed by atoms with Crippen LogP contribution < -0.4 is 10.3 Å². The molecule has 0 atom stereocenters. The van der Waals surface area contributed by atoms with E-state index < -0.39 is 21.9 Å². The minimum absolute atomic E-state index is 0.0913. The van der Waals surface area contributed by atoms with Gasteiger partial charge in [0.05, 0.1) is 4.90 Å². The largest absolute Gasteiger partial charge is 0.477 e. The number of aryl methyl sites for hydroxylation is 1. The molecule has 0 saturated carbocycles. The lowest BCUT2D eigenvalue weighted by Gasteiger charge is -2.08. The first-order valence-electron chi connectivity index (χ1n) is 8.70. The van der Waals surface area contributed by atoms with Gasteiger partial charge in [0.1, 0.15) is 9.75 Å². The fraction of sp³-hybridized carbons (Fsp3) is 0.158. The van der Waals surface area contributed by atoms with Gasteiger partial charge in [-0.2, -0.15) is 0 Å². The highest BCUT2D eigenvalue weighted by Crippen LogP contribution is 2.22. The molecule has 0 fully saturated rings. The molecule has 0 aliphatic rings. The predicted octanol–water partition coefficient (Wildman–Crippen LogP) is 5.68. The number of aromatic carboxylic acids is 1. The van der Waals surface area contributed by atoms with Crippen molar-refractivity contribution in [2.45, 2.75) is 25.7 Å². The Morgan fingerprint density at radius 2 is 1.39 bits per heavy atom. The fourth-order valence-corrected chi connectivity index (χ4v) is 5.51. The van der Waals surface area contributed by atoms with Crippen LogP contribution in [0.15, 0.2) is 61.0 Å². The zero-order valence-electron chi connectivity index (χ0n) is 16.7. The number of hydrogen-bond acceptors (Lipinski definition) is 6. The molecule has 12 heteroatoms. The number of carbonyl (C=O) groups is 2. The molecular weight excluding hydrogens is 592 g/mol. The first kappa shape index (κ1) is 27.5. The number of nitrogens with one attached hydrogen (secondary N) is 2. The summed E-state index contributed by atoms with van der Waals surface area (Å²) < 4.78 is 25.2. The van der Waals surface area contributed by atoms with E-state index in [2.05, 4.69) is 42.1 Å². The molecule has 1 amide bonds. The van der Waals surface area contributed by atoms with Gasteiger partial charge in [-0.15, -0.1) is 27.5 Å². The van der Waals surface area contributed by atoms with Crippen LogP contribution in [0.1, 0.15) is 38.8 Å². The van der Waals surface area contributed by atoms with Crippen molar-refractivity contribution >= 4 is 76.4 Å². The summed E-state index contributed by atoms with van der Waals surface area (Å²) in [5.41, 5.74) is 3.14. The smallest absolute Gasteiger partial charge is 0.347 e. The number of benzene rings is 1. The van der Waals surface area contributed by atoms with E-state index in [1.165, 1.54) is 34.8 Å². The number of thiophene rings is 2. The Bertz CT molecular complexity index is 1110. The summed E-state index contributed by atoms with van der Waals surface area (Å²) in [6.07, 6.45) is 0. The summed E-state index contributed by atoms with van der Waals surface area (Å²) in [4.78, 5) is 25.0. The number of carboxylic acids is 1. The second-order valence-corrected chi connectivity index (χ2v) is 10.6. The van der Waals surface area contributed by atoms with E-state index in [-0.39, 0.29) is 4.90 Å². The van der Waals surface area contributed by atoms with Crippen molar-refractivity contribution < 1.29 is 23.1 Å². The van der Waals surface area contributed by atoms with Gasteiger partial charge >= 0.3 is 5.97 Å². The maximum atomic E-state index is 12.0. The number of halogens is 2. The summed E-state index contributed by atoms with van der Waals surface area (Å²) in [5.74, 6) is -1.39. The van der Waals surface area contributed by atoms with Crippen molar-refractivity contribution in [3.05, 3.63) is 71.4 Å². The Hall–Kier alpha value is -1.57. The molecule has 1 aromatic carbocycles. The van der Waals surface area contributed by atoms with E-state index in [1.807, 2.05) is 20.8 Å². The van der Waals surface area contributed by atoms with Gasteiger partial charge in [-0.25, -0.2) is 13.2 Å². The quantitative estimate of drug-likeness (QED) is 0.321. The van der Waals surface area contributed by atoms with E-state index in [1.54, 1.807) is 35.0 Å². The van der Waals surface area contributed by atoms with E-state index >= 15 is 0 Å². The predicted molar refractivity (Wildman–Crippen MR) is 131 cm³/mol. The van der Waals surface area contributed by atoms with Crippen molar-refractivity contribution in [1.29, 1.82) is 0 Å². The van der Waals surface area contributed by atoms with Crippen molar-refractivity contribution in [3.8, 4) is 0 Å². The molecule has 168 valence electrons. The lowest BCUT2D eigenvalue weighted by Crippen LogP contribution is -2.41. The maximum Gasteiger partial charge on any atom is 0.347 e. The summed E-state index contributed by atoms with van der Waals surface area (Å²) in [5, 5.41) is 11.9. The van der Waals surface area contributed by atoms with E-state index in [4.69, 9.17) is 5.11 Å². The number of amides is 1. The molecule has 3 rings (SSSR count). The molecule has 0 bridgehead atoms. The van der Waals surface area contributed by atoms with Crippen LogP contribution in [-0.4, -0.2) is 25.4 Å². The third-order valence-electron chi connectivity index (χ3n) is 3.27. The van der Waals surface area contributed by atoms with Gasteiger partial charge in [0.2, 0.25) is 0 Å². The average Bonchev–Trinajstić information content (AvgIpc) is 3.37. The number of carbonyl (C=O) groups excluding carboxylic acids is 1. The van der Waals surface area contributed by atoms with Crippen LogP contribution in [0.2, 0.25) is 0 Å². The number of hydrogen-bond donors (Lipinski definition) is 3. The zero-order chi connectivity index (χ0) is 23.6. The second-order valence-electron chi connectivity index (χ2n) is 5.37. The minimum atomic E-state index is -3.77. The molecule has 0 aliphatic carbocycles. The molecule has 7 nitrogen and oxygen atoms in total. The number of carboxylic acid groups (broad SMARTS) is 1. The van der Waals surface area contributed by atoms with Crippen LogP contribution in [0.3, 0.4) is 0 Å². The van der Waals surface area contributed by atoms with Gasteiger partial charge in [0, 0.05) is 8.95 Å². The molecule has 0 spiro atoms. The molecule has 0 saturated heterocycles. The molecule has 0 unspecified atom stereocenters. The lowest BCUT2D eigenvalue weighted by atomic mass is 10.2. The lowest BCUT2D eigenvalue weighted by molar-refractivity contribution is 0.0701. The maximum absolute atomic E-state index is 12.0. The highest BCUT2D eigenvalue weighted by atomic mass is 79.9. The van der Waals surface area contributed by atoms with Crippen molar-refractivity contribution in [2.24, 2.45) is 0 Å². The molecule has 3 N–H and O–H groups in total. The average molecular weight is 612 g/mol. The summed E-state index contributed by atoms with van der Waals surface area (Å²) in [6, 6.07) is 9.76. The van der Waals surface area contributed by atoms with Crippen LogP contribution in [-0.2, 0) is 10.0 Å². The topological polar surface area (TPSA) is 113 Å². The highest BCUT2D eigenvalue weighted by molar-refractivity contribution is 9.11. The minimum Gasteiger partial charge on any atom is -0.477 e. The van der Waals surface area contributed by atoms with E-state index in [9.17, 15) is 18.0 Å². The normalized spacial score (nSPS) is 10.2. The third-order valence-corrected chi connectivity index (χ3v) is 8.19. The zero-order valence-corrected chi connectivity index (χ0v) is 22.3. The fourth-order valence-electron chi connectivity index (χ4n) is 1.85. The monoisotopic (exact) mass is 610 g/mol. The molecule has 31 heavy (non-hydrogen) atoms. The van der Waals surface area contributed by atoms with Gasteiger partial charge in [-0.1, -0.05) is 31.5 Å². The molecule has 2 aromatic heterocycles. The number of hydrazine groups is 1. The summed E-state index contributed by atoms with van der Waals surface area (Å²) in [7, 11) is -3.77. The van der Waals surface area contributed by atoms with E-state index in [0.29, 0.717) is 18.7 Å². The Balaban J connectivity index is 0.000000365. The highest BCUT2D eigenvalue weighted by Gasteiger charge is 2.17. The summed E-state index contributed by atoms with van der Waals surface area (Å²) >= 11 is 8.73. The van der Waals surface area contributed by atoms with Gasteiger partial charge in [0.15, 0.2) is 0 Å². The first-order chi connectivity index (χ1) is 14.6. The molecule has 0 aliphatic heterocycles. The third kappa shape index (κ3) is 8.47. The molecular formula is C19H20Br2N2O5S3. The number of sulfonamides is 1. The van der Waals surface area contributed by atoms with Gasteiger partial charge in [0.25, 0.3) is 15.9 Å². The Morgan fingerprint density at radius 3 is 1.77 bits per heavy atom. The van der Waals surface area contributed by atoms with Crippen LogP contribution in [0.5, 0.6) is 0 Å². The first-order valence-corrected chi connectivity index (χ1v) is 13.5. The second kappa shape index (κ2) is 13.1. The van der Waals surface area contributed by atoms with E-state index in [0.717, 1.165) is 5.56 Å². The summed E-state index contributed by atoms with van der Waals surface area (Å²) in [6.45, 7) is 5.86. The van der Waals surface area contributed by atoms with Crippen LogP contribution >= 0.6 is 54.5 Å². The molecule has 3 aromatic rings. The standard InChI is InChI=1S/C12H11BrN2O3S2.C5H3BrO2S.C2H6/c1-8-2-4-9(5-3-8)20(17,18)15-14-12(16)11-10(13)6-7-19-11;6-3-1-2-9-4(3)5(7)8;1-2/h2-7,15H,1H3,(H,14,16);1-2H,(H,7,8);1-2H3. The van der Waals surface area contributed by atoms with Gasteiger partial charge in [-0.05, 0) is 73.8 Å². The Morgan fingerprint density at radius 1 is 0.903 bits per heavy atom. The molecule has 2 heterocycles. The number of rotatable bonds is 5. The molecule has 0 radical (unpaired) electrons. The van der Waals surface area contributed by atoms with Crippen molar-refractivity contribution in [3.63, 3.8) is 0 Å². The Labute approximate surface area is 205 Å². The van der Waals surface area contributed by atoms with Crippen molar-refractivity contribution in [2.75, 3.05) is 0 Å².